The Morgan fingerprint density at radius 3 is 2.80 bits per heavy atom. The molecule has 0 spiro atoms. The maximum absolute atomic E-state index is 13.5. The third kappa shape index (κ3) is 3.19. The van der Waals surface area contributed by atoms with Gasteiger partial charge in [0.1, 0.15) is 11.6 Å². The Balaban J connectivity index is 2.34. The smallest absolute Gasteiger partial charge is 0.221 e. The fraction of sp³-hybridized carbons (Fsp3) is 0.357. The van der Waals surface area contributed by atoms with Crippen molar-refractivity contribution in [3.8, 4) is 11.6 Å². The summed E-state index contributed by atoms with van der Waals surface area (Å²) in [6.45, 7) is 3.84. The molecule has 1 atom stereocenters. The van der Waals surface area contributed by atoms with E-state index in [2.05, 4.69) is 21.0 Å². The van der Waals surface area contributed by atoms with Crippen molar-refractivity contribution in [2.24, 2.45) is 12.8 Å². The number of hydrogen-bond acceptors (Lipinski definition) is 3. The molecule has 0 saturated heterocycles. The summed E-state index contributed by atoms with van der Waals surface area (Å²) in [5.74, 6) is 0.663. The summed E-state index contributed by atoms with van der Waals surface area (Å²) in [5, 5.41) is 4.33. The van der Waals surface area contributed by atoms with Gasteiger partial charge in [0.2, 0.25) is 5.88 Å². The van der Waals surface area contributed by atoms with E-state index in [9.17, 15) is 4.39 Å². The molecular formula is C14H17BrFN3O. The van der Waals surface area contributed by atoms with Crippen LogP contribution in [0.5, 0.6) is 11.6 Å². The Bertz CT molecular complexity index is 625. The van der Waals surface area contributed by atoms with Crippen molar-refractivity contribution < 1.29 is 9.13 Å². The topological polar surface area (TPSA) is 53.1 Å². The van der Waals surface area contributed by atoms with Crippen LogP contribution in [0.1, 0.15) is 18.2 Å². The van der Waals surface area contributed by atoms with Crippen LogP contribution in [-0.2, 0) is 13.5 Å². The monoisotopic (exact) mass is 341 g/mol. The number of rotatable bonds is 4. The van der Waals surface area contributed by atoms with Gasteiger partial charge in [0.25, 0.3) is 0 Å². The van der Waals surface area contributed by atoms with Crippen LogP contribution in [0.2, 0.25) is 0 Å². The van der Waals surface area contributed by atoms with Crippen LogP contribution < -0.4 is 10.5 Å². The number of ether oxygens (including phenoxy) is 1. The first kappa shape index (κ1) is 15.0. The third-order valence-corrected chi connectivity index (χ3v) is 3.56. The molecule has 0 amide bonds. The molecule has 1 heterocycles. The molecule has 2 N–H and O–H groups in total. The molecule has 4 nitrogen and oxygen atoms in total. The highest BCUT2D eigenvalue weighted by atomic mass is 79.9. The van der Waals surface area contributed by atoms with E-state index in [1.165, 1.54) is 6.07 Å². The number of halogens is 2. The summed E-state index contributed by atoms with van der Waals surface area (Å²) in [5.41, 5.74) is 7.67. The fourth-order valence-electron chi connectivity index (χ4n) is 2.02. The van der Waals surface area contributed by atoms with Crippen LogP contribution in [0.3, 0.4) is 0 Å². The van der Waals surface area contributed by atoms with Gasteiger partial charge in [-0.15, -0.1) is 0 Å². The maximum atomic E-state index is 13.5. The van der Waals surface area contributed by atoms with Gasteiger partial charge in [-0.25, -0.2) is 9.07 Å². The highest BCUT2D eigenvalue weighted by molar-refractivity contribution is 9.10. The van der Waals surface area contributed by atoms with Gasteiger partial charge in [-0.05, 0) is 48.3 Å². The standard InChI is InChI=1S/C14H17BrFN3O/c1-8(17)6-11-9(2)18-19(3)14(11)20-10-4-5-12(15)13(16)7-10/h4-5,7-8H,6,17H2,1-3H3. The molecule has 2 aromatic rings. The lowest BCUT2D eigenvalue weighted by Crippen LogP contribution is -2.18. The predicted molar refractivity (Wildman–Crippen MR) is 79.5 cm³/mol. The van der Waals surface area contributed by atoms with Crippen LogP contribution in [-0.4, -0.2) is 15.8 Å². The van der Waals surface area contributed by atoms with Crippen LogP contribution in [0.15, 0.2) is 22.7 Å². The minimum absolute atomic E-state index is 0.00176. The largest absolute Gasteiger partial charge is 0.439 e. The average Bonchev–Trinajstić information content (AvgIpc) is 2.60. The third-order valence-electron chi connectivity index (χ3n) is 2.92. The molecule has 0 aliphatic carbocycles. The highest BCUT2D eigenvalue weighted by Gasteiger charge is 2.17. The van der Waals surface area contributed by atoms with Crippen molar-refractivity contribution in [2.75, 3.05) is 0 Å². The van der Waals surface area contributed by atoms with Crippen LogP contribution in [0, 0.1) is 12.7 Å². The van der Waals surface area contributed by atoms with Gasteiger partial charge in [-0.2, -0.15) is 5.10 Å². The first-order chi connectivity index (χ1) is 9.38. The van der Waals surface area contributed by atoms with Gasteiger partial charge in [0, 0.05) is 24.7 Å². The lowest BCUT2D eigenvalue weighted by Gasteiger charge is -2.10. The Morgan fingerprint density at radius 1 is 1.50 bits per heavy atom. The first-order valence-corrected chi connectivity index (χ1v) is 7.08. The van der Waals surface area contributed by atoms with Crippen LogP contribution in [0.25, 0.3) is 0 Å². The predicted octanol–water partition coefficient (Wildman–Crippen LogP) is 3.31. The van der Waals surface area contributed by atoms with Crippen molar-refractivity contribution in [3.63, 3.8) is 0 Å². The van der Waals surface area contributed by atoms with Crippen molar-refractivity contribution in [3.05, 3.63) is 39.7 Å². The molecule has 108 valence electrons. The van der Waals surface area contributed by atoms with Crippen LogP contribution >= 0.6 is 15.9 Å². The second-order valence-electron chi connectivity index (χ2n) is 4.85. The zero-order valence-corrected chi connectivity index (χ0v) is 13.2. The van der Waals surface area contributed by atoms with Crippen LogP contribution in [0.4, 0.5) is 4.39 Å². The molecule has 6 heteroatoms. The molecular weight excluding hydrogens is 325 g/mol. The quantitative estimate of drug-likeness (QED) is 0.928. The summed E-state index contributed by atoms with van der Waals surface area (Å²) in [4.78, 5) is 0. The van der Waals surface area contributed by atoms with Crippen molar-refractivity contribution in [1.82, 2.24) is 9.78 Å². The molecule has 1 aromatic carbocycles. The molecule has 1 unspecified atom stereocenters. The number of nitrogens with zero attached hydrogens (tertiary/aromatic N) is 2. The zero-order chi connectivity index (χ0) is 14.9. The van der Waals surface area contributed by atoms with Crippen molar-refractivity contribution in [2.45, 2.75) is 26.3 Å². The molecule has 0 bridgehead atoms. The van der Waals surface area contributed by atoms with E-state index in [1.807, 2.05) is 13.8 Å². The molecule has 0 aliphatic rings. The lowest BCUT2D eigenvalue weighted by atomic mass is 10.1. The van der Waals surface area contributed by atoms with Gasteiger partial charge in [-0.1, -0.05) is 0 Å². The second-order valence-corrected chi connectivity index (χ2v) is 5.71. The van der Waals surface area contributed by atoms with E-state index in [1.54, 1.807) is 23.9 Å². The minimum atomic E-state index is -0.366. The molecule has 0 aliphatic heterocycles. The van der Waals surface area contributed by atoms with Gasteiger partial charge in [0.15, 0.2) is 0 Å². The number of nitrogens with two attached hydrogens (primary N) is 1. The van der Waals surface area contributed by atoms with Gasteiger partial charge in [-0.3, -0.25) is 0 Å². The van der Waals surface area contributed by atoms with Gasteiger partial charge < -0.3 is 10.5 Å². The SMILES string of the molecule is Cc1nn(C)c(Oc2ccc(Br)c(F)c2)c1CC(C)N. The molecule has 20 heavy (non-hydrogen) atoms. The van der Waals surface area contributed by atoms with Gasteiger partial charge >= 0.3 is 0 Å². The highest BCUT2D eigenvalue weighted by Crippen LogP contribution is 2.30. The fourth-order valence-corrected chi connectivity index (χ4v) is 2.26. The summed E-state index contributed by atoms with van der Waals surface area (Å²) < 4.78 is 21.4. The molecule has 0 saturated carbocycles. The average molecular weight is 342 g/mol. The zero-order valence-electron chi connectivity index (χ0n) is 11.7. The van der Waals surface area contributed by atoms with E-state index in [4.69, 9.17) is 10.5 Å². The van der Waals surface area contributed by atoms with Crippen molar-refractivity contribution >= 4 is 15.9 Å². The Kier molecular flexibility index (Phi) is 4.45. The maximum Gasteiger partial charge on any atom is 0.221 e. The van der Waals surface area contributed by atoms with E-state index < -0.39 is 0 Å². The lowest BCUT2D eigenvalue weighted by molar-refractivity contribution is 0.421. The second kappa shape index (κ2) is 5.93. The molecule has 1 aromatic heterocycles. The number of benzene rings is 1. The van der Waals surface area contributed by atoms with Gasteiger partial charge in [0.05, 0.1) is 10.2 Å². The molecule has 2 rings (SSSR count). The van der Waals surface area contributed by atoms with E-state index in [0.717, 1.165) is 11.3 Å². The number of aromatic nitrogens is 2. The van der Waals surface area contributed by atoms with E-state index in [0.29, 0.717) is 22.5 Å². The molecule has 0 radical (unpaired) electrons. The summed E-state index contributed by atoms with van der Waals surface area (Å²) in [6.07, 6.45) is 0.661. The summed E-state index contributed by atoms with van der Waals surface area (Å²) >= 11 is 3.12. The summed E-state index contributed by atoms with van der Waals surface area (Å²) in [7, 11) is 1.79. The first-order valence-electron chi connectivity index (χ1n) is 6.29. The molecule has 0 fully saturated rings. The Labute approximate surface area is 125 Å². The van der Waals surface area contributed by atoms with Crippen molar-refractivity contribution in [1.29, 1.82) is 0 Å². The normalized spacial score (nSPS) is 12.5. The number of aryl methyl sites for hydroxylation is 2. The Morgan fingerprint density at radius 2 is 2.20 bits per heavy atom. The van der Waals surface area contributed by atoms with E-state index >= 15 is 0 Å². The number of hydrogen-bond donors (Lipinski definition) is 1. The summed E-state index contributed by atoms with van der Waals surface area (Å²) in [6, 6.07) is 4.65. The van der Waals surface area contributed by atoms with E-state index in [-0.39, 0.29) is 11.9 Å². The Hall–Kier alpha value is -1.40. The minimum Gasteiger partial charge on any atom is -0.439 e.